The second kappa shape index (κ2) is 4.32. The monoisotopic (exact) mass is 307 g/mol. The number of carbonyl (C=O) groups excluding carboxylic acids is 1. The van der Waals surface area contributed by atoms with Crippen molar-refractivity contribution in [1.29, 1.82) is 0 Å². The molecule has 21 heavy (non-hydrogen) atoms. The van der Waals surface area contributed by atoms with Gasteiger partial charge >= 0.3 is 12.2 Å². The average molecular weight is 307 g/mol. The molecule has 0 atom stereocenters. The number of hydrogen-bond acceptors (Lipinski definition) is 2. The fourth-order valence-corrected chi connectivity index (χ4v) is 3.00. The summed E-state index contributed by atoms with van der Waals surface area (Å²) < 4.78 is 50.7. The Balaban J connectivity index is 0.00000132. The maximum absolute atomic E-state index is 13.3. The fraction of sp³-hybridized carbons (Fsp3) is 0.538. The Morgan fingerprint density at radius 3 is 2.62 bits per heavy atom. The van der Waals surface area contributed by atoms with Crippen molar-refractivity contribution in [3.05, 3.63) is 29.6 Å². The first-order chi connectivity index (χ1) is 9.70. The van der Waals surface area contributed by atoms with Crippen molar-refractivity contribution in [1.82, 2.24) is 15.6 Å². The number of urea groups is 1. The third-order valence-electron chi connectivity index (χ3n) is 3.91. The van der Waals surface area contributed by atoms with Crippen LogP contribution in [-0.4, -0.2) is 22.2 Å². The van der Waals surface area contributed by atoms with E-state index >= 15 is 0 Å². The largest absolute Gasteiger partial charge is 0.433 e. The Morgan fingerprint density at radius 2 is 2.05 bits per heavy atom. The molecule has 1 aromatic heterocycles. The second-order valence-electron chi connectivity index (χ2n) is 5.82. The highest BCUT2D eigenvalue weighted by Crippen LogP contribution is 2.62. The lowest BCUT2D eigenvalue weighted by atomic mass is 9.47. The van der Waals surface area contributed by atoms with Crippen LogP contribution in [0.4, 0.5) is 22.4 Å². The standard InChI is InChI=1S/C13H13F4N3O.2H2/c14-11-5-12(6-11,7-11)20-10(21)19-4-8-1-2-18-9(3-8)13(15,16)17;;/h1-3H,4-7H2,(H2,19,20,21);2*1H. The lowest BCUT2D eigenvalue weighted by Crippen LogP contribution is -2.77. The van der Waals surface area contributed by atoms with E-state index in [0.717, 1.165) is 12.3 Å². The molecule has 118 valence electrons. The van der Waals surface area contributed by atoms with Crippen molar-refractivity contribution < 1.29 is 25.2 Å². The Hall–Kier alpha value is -1.86. The Bertz CT molecular complexity index is 577. The predicted molar refractivity (Wildman–Crippen MR) is 69.3 cm³/mol. The number of pyridine rings is 1. The summed E-state index contributed by atoms with van der Waals surface area (Å²) in [6.45, 7) is -0.0473. The lowest BCUT2D eigenvalue weighted by Gasteiger charge is -2.65. The molecule has 2 bridgehead atoms. The number of carbonyl (C=O) groups is 1. The zero-order valence-electron chi connectivity index (χ0n) is 10.9. The molecule has 1 heterocycles. The molecule has 0 aromatic carbocycles. The van der Waals surface area contributed by atoms with Crippen LogP contribution in [0, 0.1) is 0 Å². The molecule has 3 aliphatic rings. The Morgan fingerprint density at radius 1 is 1.38 bits per heavy atom. The molecule has 3 fully saturated rings. The van der Waals surface area contributed by atoms with Gasteiger partial charge in [-0.05, 0) is 17.7 Å². The minimum Gasteiger partial charge on any atom is -0.334 e. The topological polar surface area (TPSA) is 54.0 Å². The Labute approximate surface area is 120 Å². The van der Waals surface area contributed by atoms with E-state index in [0.29, 0.717) is 24.8 Å². The van der Waals surface area contributed by atoms with Gasteiger partial charge in [0.05, 0.1) is 5.54 Å². The summed E-state index contributed by atoms with van der Waals surface area (Å²) in [5.74, 6) is 0. The Kier molecular flexibility index (Phi) is 2.90. The molecule has 4 nitrogen and oxygen atoms in total. The van der Waals surface area contributed by atoms with Crippen LogP contribution >= 0.6 is 0 Å². The quantitative estimate of drug-likeness (QED) is 0.843. The average Bonchev–Trinajstić information content (AvgIpc) is 2.32. The number of rotatable bonds is 3. The van der Waals surface area contributed by atoms with Gasteiger partial charge in [-0.25, -0.2) is 9.18 Å². The number of halogens is 4. The van der Waals surface area contributed by atoms with Gasteiger partial charge in [-0.15, -0.1) is 0 Å². The molecule has 3 aliphatic carbocycles. The molecule has 0 spiro atoms. The van der Waals surface area contributed by atoms with Crippen LogP contribution in [0.15, 0.2) is 18.3 Å². The molecule has 2 N–H and O–H groups in total. The summed E-state index contributed by atoms with van der Waals surface area (Å²) in [4.78, 5) is 14.9. The molecule has 1 aromatic rings. The summed E-state index contributed by atoms with van der Waals surface area (Å²) in [5, 5.41) is 5.14. The molecule has 0 saturated heterocycles. The number of hydrogen-bond donors (Lipinski definition) is 2. The van der Waals surface area contributed by atoms with Crippen molar-refractivity contribution in [3.8, 4) is 0 Å². The number of nitrogens with zero attached hydrogens (tertiary/aromatic N) is 1. The van der Waals surface area contributed by atoms with Gasteiger partial charge in [0, 0.05) is 34.9 Å². The van der Waals surface area contributed by atoms with Crippen LogP contribution in [0.2, 0.25) is 0 Å². The van der Waals surface area contributed by atoms with Crippen LogP contribution in [0.25, 0.3) is 0 Å². The van der Waals surface area contributed by atoms with Crippen LogP contribution in [0.5, 0.6) is 0 Å². The summed E-state index contributed by atoms with van der Waals surface area (Å²) in [6, 6.07) is 1.78. The maximum Gasteiger partial charge on any atom is 0.433 e. The third-order valence-corrected chi connectivity index (χ3v) is 3.91. The van der Waals surface area contributed by atoms with Crippen molar-refractivity contribution in [2.45, 2.75) is 43.2 Å². The van der Waals surface area contributed by atoms with Crippen LogP contribution in [0.3, 0.4) is 0 Å². The molecular formula is C13H17F4N3O. The van der Waals surface area contributed by atoms with Gasteiger partial charge in [-0.1, -0.05) is 0 Å². The zero-order valence-corrected chi connectivity index (χ0v) is 10.9. The van der Waals surface area contributed by atoms with Gasteiger partial charge in [-0.3, -0.25) is 4.98 Å². The summed E-state index contributed by atoms with van der Waals surface area (Å²) in [6.07, 6.45) is -2.51. The van der Waals surface area contributed by atoms with Gasteiger partial charge < -0.3 is 10.6 Å². The van der Waals surface area contributed by atoms with Gasteiger partial charge in [-0.2, -0.15) is 13.2 Å². The van der Waals surface area contributed by atoms with E-state index in [9.17, 15) is 22.4 Å². The van der Waals surface area contributed by atoms with Gasteiger partial charge in [0.1, 0.15) is 11.4 Å². The van der Waals surface area contributed by atoms with E-state index in [1.54, 1.807) is 0 Å². The highest BCUT2D eigenvalue weighted by Gasteiger charge is 2.69. The van der Waals surface area contributed by atoms with E-state index in [-0.39, 0.29) is 9.40 Å². The zero-order chi connectivity index (χ0) is 15.3. The summed E-state index contributed by atoms with van der Waals surface area (Å²) in [5.41, 5.74) is -2.26. The number of nitrogens with one attached hydrogen (secondary N) is 2. The van der Waals surface area contributed by atoms with Crippen molar-refractivity contribution in [3.63, 3.8) is 0 Å². The van der Waals surface area contributed by atoms with Gasteiger partial charge in [0.15, 0.2) is 0 Å². The fourth-order valence-electron chi connectivity index (χ4n) is 3.00. The summed E-state index contributed by atoms with van der Waals surface area (Å²) in [7, 11) is 0. The van der Waals surface area contributed by atoms with Crippen LogP contribution in [0.1, 0.15) is 33.4 Å². The SMILES string of the molecule is O=C(NCc1ccnc(C(F)(F)F)c1)NC12CC(F)(C1)C2.[HH].[HH]. The molecule has 3 saturated carbocycles. The molecule has 0 aliphatic heterocycles. The van der Waals surface area contributed by atoms with Crippen molar-refractivity contribution in [2.75, 3.05) is 0 Å². The number of aromatic nitrogens is 1. The van der Waals surface area contributed by atoms with E-state index in [4.69, 9.17) is 0 Å². The normalized spacial score (nSPS) is 30.1. The number of amides is 2. The second-order valence-corrected chi connectivity index (χ2v) is 5.82. The minimum atomic E-state index is -4.51. The third kappa shape index (κ3) is 2.66. The molecule has 2 amide bonds. The van der Waals surface area contributed by atoms with Crippen molar-refractivity contribution in [2.24, 2.45) is 0 Å². The van der Waals surface area contributed by atoms with Gasteiger partial charge in [0.25, 0.3) is 0 Å². The molecule has 8 heteroatoms. The van der Waals surface area contributed by atoms with E-state index in [1.807, 2.05) is 0 Å². The van der Waals surface area contributed by atoms with E-state index in [2.05, 4.69) is 15.6 Å². The number of alkyl halides is 4. The van der Waals surface area contributed by atoms with E-state index in [1.165, 1.54) is 6.07 Å². The first-order valence-corrected chi connectivity index (χ1v) is 6.47. The first-order valence-electron chi connectivity index (χ1n) is 6.47. The highest BCUT2D eigenvalue weighted by molar-refractivity contribution is 5.75. The molecule has 0 unspecified atom stereocenters. The molecule has 0 radical (unpaired) electrons. The highest BCUT2D eigenvalue weighted by atomic mass is 19.4. The van der Waals surface area contributed by atoms with E-state index < -0.39 is 29.1 Å². The first kappa shape index (κ1) is 14.1. The van der Waals surface area contributed by atoms with Gasteiger partial charge in [0.2, 0.25) is 0 Å². The summed E-state index contributed by atoms with van der Waals surface area (Å²) >= 11 is 0. The molecule has 4 rings (SSSR count). The van der Waals surface area contributed by atoms with Crippen molar-refractivity contribution >= 4 is 6.03 Å². The minimum absolute atomic E-state index is 0. The smallest absolute Gasteiger partial charge is 0.334 e. The molecular weight excluding hydrogens is 290 g/mol. The predicted octanol–water partition coefficient (Wildman–Crippen LogP) is 3.04. The van der Waals surface area contributed by atoms with Crippen LogP contribution < -0.4 is 10.6 Å². The lowest BCUT2D eigenvalue weighted by molar-refractivity contribution is -0.162. The maximum atomic E-state index is 13.3. The van der Waals surface area contributed by atoms with Crippen LogP contribution in [-0.2, 0) is 12.7 Å².